The number of benzene rings is 1. The summed E-state index contributed by atoms with van der Waals surface area (Å²) in [6, 6.07) is 5.00. The fourth-order valence-electron chi connectivity index (χ4n) is 2.19. The monoisotopic (exact) mass is 285 g/mol. The van der Waals surface area contributed by atoms with Crippen molar-refractivity contribution in [1.82, 2.24) is 0 Å². The molecule has 1 aromatic rings. The average Bonchev–Trinajstić information content (AvgIpc) is 2.19. The number of aliphatic hydroxyl groups is 1. The van der Waals surface area contributed by atoms with Gasteiger partial charge in [-0.1, -0.05) is 18.6 Å². The van der Waals surface area contributed by atoms with Gasteiger partial charge in [-0.2, -0.15) is 0 Å². The van der Waals surface area contributed by atoms with E-state index in [0.717, 1.165) is 24.8 Å². The van der Waals surface area contributed by atoms with Crippen LogP contribution >= 0.6 is 15.9 Å². The van der Waals surface area contributed by atoms with Crippen LogP contribution in [-0.2, 0) is 5.41 Å². The van der Waals surface area contributed by atoms with Gasteiger partial charge in [0.2, 0.25) is 0 Å². The molecule has 0 spiro atoms. The minimum Gasteiger partial charge on any atom is -0.395 e. The van der Waals surface area contributed by atoms with E-state index in [2.05, 4.69) is 15.9 Å². The zero-order valence-electron chi connectivity index (χ0n) is 8.65. The minimum absolute atomic E-state index is 0.0484. The Kier molecular flexibility index (Phi) is 2.99. The smallest absolute Gasteiger partial charge is 0.283 e. The van der Waals surface area contributed by atoms with E-state index in [1.165, 1.54) is 6.07 Å². The SMILES string of the molecule is O=[N+]([O-])c1cccc(C2(CO)CCC2)c1Br. The number of nitro groups is 1. The molecule has 1 saturated carbocycles. The van der Waals surface area contributed by atoms with Gasteiger partial charge in [-0.05, 0) is 34.3 Å². The fraction of sp³-hybridized carbons (Fsp3) is 0.455. The standard InChI is InChI=1S/C11H12BrNO3/c12-10-8(11(7-14)5-2-6-11)3-1-4-9(10)13(15)16/h1,3-4,14H,2,5-7H2. The molecule has 0 atom stereocenters. The van der Waals surface area contributed by atoms with E-state index < -0.39 is 4.92 Å². The van der Waals surface area contributed by atoms with Crippen molar-refractivity contribution < 1.29 is 10.0 Å². The van der Waals surface area contributed by atoms with E-state index in [4.69, 9.17) is 0 Å². The van der Waals surface area contributed by atoms with E-state index in [1.807, 2.05) is 6.07 Å². The van der Waals surface area contributed by atoms with Crippen LogP contribution < -0.4 is 0 Å². The van der Waals surface area contributed by atoms with E-state index in [1.54, 1.807) is 6.07 Å². The highest BCUT2D eigenvalue weighted by Crippen LogP contribution is 2.47. The molecule has 1 N–H and O–H groups in total. The van der Waals surface area contributed by atoms with Crippen LogP contribution in [0.5, 0.6) is 0 Å². The van der Waals surface area contributed by atoms with Gasteiger partial charge in [0.25, 0.3) is 5.69 Å². The quantitative estimate of drug-likeness (QED) is 0.686. The summed E-state index contributed by atoms with van der Waals surface area (Å²) in [7, 11) is 0. The number of rotatable bonds is 3. The molecule has 0 bridgehead atoms. The summed E-state index contributed by atoms with van der Waals surface area (Å²) in [5, 5.41) is 20.3. The predicted octanol–water partition coefficient (Wildman–Crippen LogP) is 2.77. The van der Waals surface area contributed by atoms with Crippen LogP contribution in [0, 0.1) is 10.1 Å². The predicted molar refractivity (Wildman–Crippen MR) is 63.4 cm³/mol. The van der Waals surface area contributed by atoms with Gasteiger partial charge in [0, 0.05) is 11.5 Å². The van der Waals surface area contributed by atoms with Gasteiger partial charge in [-0.3, -0.25) is 10.1 Å². The van der Waals surface area contributed by atoms with E-state index in [9.17, 15) is 15.2 Å². The van der Waals surface area contributed by atoms with Crippen molar-refractivity contribution in [2.45, 2.75) is 24.7 Å². The fourth-order valence-corrected chi connectivity index (χ4v) is 3.02. The largest absolute Gasteiger partial charge is 0.395 e. The molecular weight excluding hydrogens is 274 g/mol. The molecule has 0 amide bonds. The Bertz CT molecular complexity index is 424. The summed E-state index contributed by atoms with van der Waals surface area (Å²) in [6.07, 6.45) is 2.85. The molecule has 1 aliphatic rings. The van der Waals surface area contributed by atoms with Crippen LogP contribution in [0.1, 0.15) is 24.8 Å². The summed E-state index contributed by atoms with van der Waals surface area (Å²) < 4.78 is 0.508. The van der Waals surface area contributed by atoms with E-state index in [0.29, 0.717) is 4.47 Å². The highest BCUT2D eigenvalue weighted by molar-refractivity contribution is 9.10. The van der Waals surface area contributed by atoms with Crippen molar-refractivity contribution in [3.63, 3.8) is 0 Å². The Morgan fingerprint density at radius 2 is 2.19 bits per heavy atom. The minimum atomic E-state index is -0.405. The lowest BCUT2D eigenvalue weighted by molar-refractivity contribution is -0.385. The van der Waals surface area contributed by atoms with Crippen molar-refractivity contribution in [3.05, 3.63) is 38.3 Å². The van der Waals surface area contributed by atoms with Crippen molar-refractivity contribution in [2.24, 2.45) is 0 Å². The van der Waals surface area contributed by atoms with Gasteiger partial charge in [-0.25, -0.2) is 0 Å². The van der Waals surface area contributed by atoms with Gasteiger partial charge in [0.15, 0.2) is 0 Å². The first kappa shape index (κ1) is 11.5. The van der Waals surface area contributed by atoms with Crippen molar-refractivity contribution in [3.8, 4) is 0 Å². The third kappa shape index (κ3) is 1.64. The number of halogens is 1. The molecule has 0 saturated heterocycles. The Balaban J connectivity index is 2.49. The molecule has 16 heavy (non-hydrogen) atoms. The third-order valence-corrected chi connectivity index (χ3v) is 4.19. The summed E-state index contributed by atoms with van der Waals surface area (Å²) in [4.78, 5) is 10.4. The number of nitrogens with zero attached hydrogens (tertiary/aromatic N) is 1. The number of hydrogen-bond acceptors (Lipinski definition) is 3. The molecule has 0 aliphatic heterocycles. The first-order valence-corrected chi connectivity index (χ1v) is 5.94. The Morgan fingerprint density at radius 3 is 2.62 bits per heavy atom. The average molecular weight is 286 g/mol. The zero-order chi connectivity index (χ0) is 11.8. The van der Waals surface area contributed by atoms with E-state index >= 15 is 0 Å². The lowest BCUT2D eigenvalue weighted by atomic mass is 9.65. The molecule has 4 nitrogen and oxygen atoms in total. The van der Waals surface area contributed by atoms with Gasteiger partial charge >= 0.3 is 0 Å². The first-order chi connectivity index (χ1) is 7.60. The molecule has 0 heterocycles. The molecule has 0 aromatic heterocycles. The topological polar surface area (TPSA) is 63.4 Å². The highest BCUT2D eigenvalue weighted by atomic mass is 79.9. The van der Waals surface area contributed by atoms with Gasteiger partial charge in [0.1, 0.15) is 0 Å². The van der Waals surface area contributed by atoms with Crippen LogP contribution in [0.2, 0.25) is 0 Å². The van der Waals surface area contributed by atoms with Gasteiger partial charge in [-0.15, -0.1) is 0 Å². The highest BCUT2D eigenvalue weighted by Gasteiger charge is 2.40. The van der Waals surface area contributed by atoms with Crippen LogP contribution in [0.15, 0.2) is 22.7 Å². The van der Waals surface area contributed by atoms with Gasteiger partial charge in [0.05, 0.1) is 16.0 Å². The second-order valence-corrected chi connectivity index (χ2v) is 4.98. The summed E-state index contributed by atoms with van der Waals surface area (Å²) >= 11 is 3.28. The maximum absolute atomic E-state index is 10.8. The number of hydrogen-bond donors (Lipinski definition) is 1. The molecule has 1 aromatic carbocycles. The summed E-state index contributed by atoms with van der Waals surface area (Å²) in [6.45, 7) is 0.0484. The Labute approximate surface area is 102 Å². The van der Waals surface area contributed by atoms with Crippen molar-refractivity contribution in [1.29, 1.82) is 0 Å². The zero-order valence-corrected chi connectivity index (χ0v) is 10.2. The van der Waals surface area contributed by atoms with Crippen LogP contribution in [-0.4, -0.2) is 16.6 Å². The molecule has 1 fully saturated rings. The molecule has 2 rings (SSSR count). The normalized spacial score (nSPS) is 17.9. The second-order valence-electron chi connectivity index (χ2n) is 4.19. The van der Waals surface area contributed by atoms with Crippen LogP contribution in [0.25, 0.3) is 0 Å². The molecular formula is C11H12BrNO3. The van der Waals surface area contributed by atoms with Crippen molar-refractivity contribution >= 4 is 21.6 Å². The Hall–Kier alpha value is -0.940. The molecule has 86 valence electrons. The van der Waals surface area contributed by atoms with Crippen LogP contribution in [0.4, 0.5) is 5.69 Å². The maximum atomic E-state index is 10.8. The summed E-state index contributed by atoms with van der Waals surface area (Å²) in [5.41, 5.74) is 0.651. The molecule has 5 heteroatoms. The third-order valence-electron chi connectivity index (χ3n) is 3.36. The lowest BCUT2D eigenvalue weighted by Gasteiger charge is -2.41. The van der Waals surface area contributed by atoms with Crippen LogP contribution in [0.3, 0.4) is 0 Å². The summed E-state index contributed by atoms with van der Waals surface area (Å²) in [5.74, 6) is 0. The van der Waals surface area contributed by atoms with E-state index in [-0.39, 0.29) is 17.7 Å². The number of nitro benzene ring substituents is 1. The van der Waals surface area contributed by atoms with Gasteiger partial charge < -0.3 is 5.11 Å². The first-order valence-electron chi connectivity index (χ1n) is 5.15. The number of aliphatic hydroxyl groups excluding tert-OH is 1. The Morgan fingerprint density at radius 1 is 1.50 bits per heavy atom. The second kappa shape index (κ2) is 4.14. The lowest BCUT2D eigenvalue weighted by Crippen LogP contribution is -2.38. The molecule has 0 unspecified atom stereocenters. The molecule has 0 radical (unpaired) electrons. The maximum Gasteiger partial charge on any atom is 0.283 e. The van der Waals surface area contributed by atoms with Crippen molar-refractivity contribution in [2.75, 3.05) is 6.61 Å². The molecule has 1 aliphatic carbocycles.